The van der Waals surface area contributed by atoms with Crippen molar-refractivity contribution >= 4 is 90.8 Å². The smallest absolute Gasteiger partial charge is 0.246 e. The fraction of sp³-hybridized carbons (Fsp3) is 0.318. The number of hydrogen-bond acceptors (Lipinski definition) is 5. The molecule has 2 N–H and O–H groups in total. The maximum absolute atomic E-state index is 13.3. The highest BCUT2D eigenvalue weighted by Crippen LogP contribution is 2.48. The molecule has 4 aromatic rings. The Balaban J connectivity index is 1.33. The van der Waals surface area contributed by atoms with E-state index in [-0.39, 0.29) is 25.0 Å². The lowest BCUT2D eigenvalue weighted by atomic mass is 9.95. The van der Waals surface area contributed by atoms with Gasteiger partial charge in [-0.2, -0.15) is 0 Å². The number of hydrogen-bond donors (Lipinski definition) is 2. The summed E-state index contributed by atoms with van der Waals surface area (Å²) in [6.07, 6.45) is 12.2. The monoisotopic (exact) mass is 924 g/mol. The molecule has 6 rings (SSSR count). The van der Waals surface area contributed by atoms with Crippen LogP contribution in [0.15, 0.2) is 104 Å². The molecule has 2 heterocycles. The van der Waals surface area contributed by atoms with Gasteiger partial charge in [-0.1, -0.05) is 115 Å². The van der Waals surface area contributed by atoms with Crippen LogP contribution in [0.5, 0.6) is 0 Å². The van der Waals surface area contributed by atoms with Crippen LogP contribution in [-0.4, -0.2) is 71.2 Å². The molecule has 11 heteroatoms. The Hall–Kier alpha value is -2.89. The molecule has 0 radical (unpaired) electrons. The van der Waals surface area contributed by atoms with Crippen molar-refractivity contribution < 1.29 is 19.8 Å². The first-order chi connectivity index (χ1) is 26.7. The summed E-state index contributed by atoms with van der Waals surface area (Å²) < 4.78 is 1.74. The van der Waals surface area contributed by atoms with E-state index in [0.29, 0.717) is 60.9 Å². The minimum atomic E-state index is -0.0562. The number of piperidine rings is 2. The molecular weight excluding hydrogens is 883 g/mol. The number of aliphatic hydroxyl groups excluding tert-OH is 2. The average molecular weight is 928 g/mol. The maximum Gasteiger partial charge on any atom is 0.246 e. The molecule has 0 saturated carbocycles. The third kappa shape index (κ3) is 10.4. The number of carbonyl (C=O) groups excluding carboxylic acids is 2. The third-order valence-corrected chi connectivity index (χ3v) is 13.8. The van der Waals surface area contributed by atoms with Crippen molar-refractivity contribution in [1.29, 1.82) is 0 Å². The molecule has 0 bridgehead atoms. The van der Waals surface area contributed by atoms with Crippen LogP contribution in [0, 0.1) is 11.8 Å². The van der Waals surface area contributed by atoms with Gasteiger partial charge in [0.15, 0.2) is 0 Å². The van der Waals surface area contributed by atoms with Gasteiger partial charge in [0.2, 0.25) is 11.8 Å². The Labute approximate surface area is 354 Å². The Kier molecular flexibility index (Phi) is 15.2. The minimum Gasteiger partial charge on any atom is -0.396 e. The predicted molar refractivity (Wildman–Crippen MR) is 233 cm³/mol. The summed E-state index contributed by atoms with van der Waals surface area (Å²) >= 11 is 23.6. The molecule has 2 saturated heterocycles. The quantitative estimate of drug-likeness (QED) is 0.138. The zero-order chi connectivity index (χ0) is 38.9. The summed E-state index contributed by atoms with van der Waals surface area (Å²) in [7, 11) is 0. The molecule has 2 unspecified atom stereocenters. The highest BCUT2D eigenvalue weighted by Gasteiger charge is 2.25. The van der Waals surface area contributed by atoms with Crippen LogP contribution in [0.3, 0.4) is 0 Å². The highest BCUT2D eigenvalue weighted by atomic mass is 79.9. The van der Waals surface area contributed by atoms with E-state index in [1.165, 1.54) is 11.8 Å². The van der Waals surface area contributed by atoms with Gasteiger partial charge in [-0.3, -0.25) is 9.59 Å². The van der Waals surface area contributed by atoms with E-state index in [1.807, 2.05) is 94.7 Å². The van der Waals surface area contributed by atoms with Gasteiger partial charge >= 0.3 is 0 Å². The van der Waals surface area contributed by atoms with Crippen molar-refractivity contribution in [2.75, 3.05) is 39.4 Å². The Morgan fingerprint density at radius 3 is 1.49 bits per heavy atom. The van der Waals surface area contributed by atoms with Crippen LogP contribution in [0.1, 0.15) is 49.7 Å². The van der Waals surface area contributed by atoms with E-state index in [1.54, 1.807) is 12.2 Å². The molecule has 4 aromatic carbocycles. The first-order valence-corrected chi connectivity index (χ1v) is 21.8. The zero-order valence-electron chi connectivity index (χ0n) is 30.4. The highest BCUT2D eigenvalue weighted by molar-refractivity contribution is 9.11. The van der Waals surface area contributed by atoms with Crippen LogP contribution in [0.4, 0.5) is 0 Å². The molecular formula is C44H44Br2Cl2N2O4S. The largest absolute Gasteiger partial charge is 0.396 e. The molecule has 2 aliphatic rings. The number of likely N-dealkylation sites (tertiary alicyclic amines) is 2. The topological polar surface area (TPSA) is 81.1 Å². The maximum atomic E-state index is 13.3. The molecule has 2 aliphatic heterocycles. The molecule has 288 valence electrons. The zero-order valence-corrected chi connectivity index (χ0v) is 35.9. The summed E-state index contributed by atoms with van der Waals surface area (Å²) in [5, 5.41) is 19.9. The SMILES string of the molecule is O=C(C=Cc1ccc(Sc2ccc(C=CC(=O)N3CCCC(CCO)C3)c(-c3ccccc3Br)c2Cl)c(Cl)c1-c1ccccc1Br)N1CCCC(CCO)C1. The van der Waals surface area contributed by atoms with E-state index >= 15 is 0 Å². The molecule has 0 spiro atoms. The summed E-state index contributed by atoms with van der Waals surface area (Å²) in [5.74, 6) is 0.510. The molecule has 6 nitrogen and oxygen atoms in total. The Morgan fingerprint density at radius 1 is 0.673 bits per heavy atom. The standard InChI is InChI=1S/C44H44Br2Cl2N2O4S/c45-35-11-3-1-9-33(35)41-31(15-19-39(53)49-23-5-7-29(27-49)21-25-51)13-17-37(43(41)47)55-38-18-14-32(42(44(38)48)34-10-2-4-12-36(34)46)16-20-40(54)50-24-6-8-30(28-50)22-26-52/h1-4,9-20,29-30,51-52H,5-8,21-28H2. The van der Waals surface area contributed by atoms with Crippen molar-refractivity contribution in [2.45, 2.75) is 48.3 Å². The van der Waals surface area contributed by atoms with Gasteiger partial charge in [0.1, 0.15) is 0 Å². The predicted octanol–water partition coefficient (Wildman–Crippen LogP) is 11.3. The lowest BCUT2D eigenvalue weighted by Gasteiger charge is -2.31. The van der Waals surface area contributed by atoms with Crippen molar-refractivity contribution in [2.24, 2.45) is 11.8 Å². The Morgan fingerprint density at radius 2 is 1.09 bits per heavy atom. The van der Waals surface area contributed by atoms with E-state index < -0.39 is 0 Å². The van der Waals surface area contributed by atoms with Crippen LogP contribution in [0.2, 0.25) is 10.0 Å². The van der Waals surface area contributed by atoms with Gasteiger partial charge in [-0.15, -0.1) is 0 Å². The number of rotatable bonds is 12. The van der Waals surface area contributed by atoms with E-state index in [2.05, 4.69) is 31.9 Å². The van der Waals surface area contributed by atoms with Gasteiger partial charge < -0.3 is 20.0 Å². The van der Waals surface area contributed by atoms with Crippen molar-refractivity contribution in [3.05, 3.63) is 115 Å². The third-order valence-electron chi connectivity index (χ3n) is 10.3. The van der Waals surface area contributed by atoms with E-state index in [4.69, 9.17) is 23.2 Å². The molecule has 2 atom stereocenters. The van der Waals surface area contributed by atoms with Gasteiger partial charge in [-0.25, -0.2) is 0 Å². The lowest BCUT2D eigenvalue weighted by molar-refractivity contribution is -0.128. The van der Waals surface area contributed by atoms with Crippen molar-refractivity contribution in [3.63, 3.8) is 0 Å². The number of halogens is 4. The molecule has 55 heavy (non-hydrogen) atoms. The first kappa shape index (κ1) is 41.7. The number of amides is 2. The summed E-state index contributed by atoms with van der Waals surface area (Å²) in [5.41, 5.74) is 4.98. The van der Waals surface area contributed by atoms with Crippen molar-refractivity contribution in [3.8, 4) is 22.3 Å². The van der Waals surface area contributed by atoms with Crippen LogP contribution in [0.25, 0.3) is 34.4 Å². The Bertz CT molecular complexity index is 1930. The molecule has 0 aromatic heterocycles. The van der Waals surface area contributed by atoms with E-state index in [9.17, 15) is 19.8 Å². The second-order valence-electron chi connectivity index (χ2n) is 14.0. The lowest BCUT2D eigenvalue weighted by Crippen LogP contribution is -2.39. The summed E-state index contributed by atoms with van der Waals surface area (Å²) in [6, 6.07) is 23.6. The second kappa shape index (κ2) is 20.0. The number of carbonyl (C=O) groups is 2. The fourth-order valence-corrected chi connectivity index (χ4v) is 10.1. The van der Waals surface area contributed by atoms with Crippen molar-refractivity contribution in [1.82, 2.24) is 9.80 Å². The molecule has 2 fully saturated rings. The van der Waals surface area contributed by atoms with Crippen LogP contribution in [-0.2, 0) is 9.59 Å². The van der Waals surface area contributed by atoms with Gasteiger partial charge in [0.05, 0.1) is 10.0 Å². The summed E-state index contributed by atoms with van der Waals surface area (Å²) in [6.45, 7) is 2.96. The van der Waals surface area contributed by atoms with Gasteiger partial charge in [0, 0.05) is 81.4 Å². The van der Waals surface area contributed by atoms with Gasteiger partial charge in [-0.05, 0) is 109 Å². The first-order valence-electron chi connectivity index (χ1n) is 18.7. The van der Waals surface area contributed by atoms with E-state index in [0.717, 1.165) is 77.8 Å². The molecule has 2 amide bonds. The minimum absolute atomic E-state index is 0.0562. The van der Waals surface area contributed by atoms with Crippen LogP contribution < -0.4 is 0 Å². The fourth-order valence-electron chi connectivity index (χ4n) is 7.47. The average Bonchev–Trinajstić information content (AvgIpc) is 3.19. The van der Waals surface area contributed by atoms with Crippen LogP contribution >= 0.6 is 66.8 Å². The number of benzene rings is 4. The second-order valence-corrected chi connectivity index (χ2v) is 17.6. The normalized spacial score (nSPS) is 17.7. The summed E-state index contributed by atoms with van der Waals surface area (Å²) in [4.78, 5) is 32.0. The van der Waals surface area contributed by atoms with Gasteiger partial charge in [0.25, 0.3) is 0 Å². The number of aliphatic hydroxyl groups is 2. The number of nitrogens with zero attached hydrogens (tertiary/aromatic N) is 2. The molecule has 0 aliphatic carbocycles.